The van der Waals surface area contributed by atoms with Crippen LogP contribution in [-0.2, 0) is 6.54 Å². The number of H-pyrrole nitrogens is 1. The predicted molar refractivity (Wildman–Crippen MR) is 67.1 cm³/mol. The van der Waals surface area contributed by atoms with Crippen LogP contribution in [0, 0.1) is 6.42 Å². The number of benzene rings is 1. The molecular formula is C14H17N2. The number of aromatic amines is 1. The van der Waals surface area contributed by atoms with E-state index < -0.39 is 0 Å². The number of piperidine rings is 1. The molecule has 1 N–H and O–H groups in total. The van der Waals surface area contributed by atoms with Gasteiger partial charge in [-0.15, -0.1) is 0 Å². The standard InChI is InChI=1S/C14H17N2/c1-2-8-16(9-3-1)11-12-4-5-14-13(10-12)6-7-15-14/h2,4-7,10,15H,1,3,8-9,11H2. The zero-order valence-electron chi connectivity index (χ0n) is 9.45. The van der Waals surface area contributed by atoms with Crippen molar-refractivity contribution in [1.29, 1.82) is 0 Å². The van der Waals surface area contributed by atoms with Crippen LogP contribution in [0.15, 0.2) is 30.5 Å². The van der Waals surface area contributed by atoms with Gasteiger partial charge in [0.05, 0.1) is 0 Å². The van der Waals surface area contributed by atoms with Gasteiger partial charge in [-0.3, -0.25) is 4.90 Å². The summed E-state index contributed by atoms with van der Waals surface area (Å²) < 4.78 is 0. The van der Waals surface area contributed by atoms with E-state index in [0.29, 0.717) is 0 Å². The minimum absolute atomic E-state index is 1.08. The third-order valence-electron chi connectivity index (χ3n) is 3.29. The molecule has 1 aliphatic heterocycles. The first-order chi connectivity index (χ1) is 7.92. The fourth-order valence-corrected chi connectivity index (χ4v) is 2.43. The van der Waals surface area contributed by atoms with E-state index in [2.05, 4.69) is 40.6 Å². The molecule has 1 aliphatic rings. The molecule has 2 heterocycles. The highest BCUT2D eigenvalue weighted by atomic mass is 15.1. The molecule has 1 aromatic carbocycles. The van der Waals surface area contributed by atoms with Crippen molar-refractivity contribution >= 4 is 10.9 Å². The number of likely N-dealkylation sites (tertiary alicyclic amines) is 1. The average Bonchev–Trinajstić information content (AvgIpc) is 2.77. The topological polar surface area (TPSA) is 19.0 Å². The van der Waals surface area contributed by atoms with Crippen molar-refractivity contribution in [3.8, 4) is 0 Å². The molecule has 1 radical (unpaired) electrons. The lowest BCUT2D eigenvalue weighted by atomic mass is 10.1. The van der Waals surface area contributed by atoms with Gasteiger partial charge in [-0.05, 0) is 55.0 Å². The number of hydrogen-bond acceptors (Lipinski definition) is 1. The van der Waals surface area contributed by atoms with Crippen molar-refractivity contribution < 1.29 is 0 Å². The zero-order chi connectivity index (χ0) is 10.8. The molecule has 0 atom stereocenters. The van der Waals surface area contributed by atoms with Gasteiger partial charge in [0, 0.05) is 24.8 Å². The molecule has 2 heteroatoms. The van der Waals surface area contributed by atoms with Crippen LogP contribution in [0.4, 0.5) is 0 Å². The molecule has 0 bridgehead atoms. The maximum atomic E-state index is 3.23. The Labute approximate surface area is 96.3 Å². The predicted octanol–water partition coefficient (Wildman–Crippen LogP) is 2.97. The number of fused-ring (bicyclic) bond motifs is 1. The fourth-order valence-electron chi connectivity index (χ4n) is 2.43. The Kier molecular flexibility index (Phi) is 2.66. The molecule has 0 unspecified atom stereocenters. The Balaban J connectivity index is 1.77. The molecule has 0 spiro atoms. The maximum Gasteiger partial charge on any atom is 0.0454 e. The summed E-state index contributed by atoms with van der Waals surface area (Å²) in [6.45, 7) is 3.46. The monoisotopic (exact) mass is 213 g/mol. The normalized spacial score (nSPS) is 18.0. The van der Waals surface area contributed by atoms with E-state index in [9.17, 15) is 0 Å². The second kappa shape index (κ2) is 4.30. The number of nitrogens with zero attached hydrogens (tertiary/aromatic N) is 1. The first-order valence-corrected chi connectivity index (χ1v) is 6.02. The molecule has 3 rings (SSSR count). The molecule has 0 saturated carbocycles. The smallest absolute Gasteiger partial charge is 0.0454 e. The van der Waals surface area contributed by atoms with Gasteiger partial charge in [-0.25, -0.2) is 0 Å². The van der Waals surface area contributed by atoms with Gasteiger partial charge >= 0.3 is 0 Å². The van der Waals surface area contributed by atoms with Crippen LogP contribution < -0.4 is 0 Å². The van der Waals surface area contributed by atoms with Crippen LogP contribution >= 0.6 is 0 Å². The molecule has 83 valence electrons. The second-order valence-electron chi connectivity index (χ2n) is 4.57. The van der Waals surface area contributed by atoms with Gasteiger partial charge in [0.2, 0.25) is 0 Å². The molecule has 2 nitrogen and oxygen atoms in total. The van der Waals surface area contributed by atoms with Crippen LogP contribution in [0.25, 0.3) is 10.9 Å². The number of aromatic nitrogens is 1. The van der Waals surface area contributed by atoms with Crippen molar-refractivity contribution in [2.24, 2.45) is 0 Å². The van der Waals surface area contributed by atoms with Crippen LogP contribution in [0.2, 0.25) is 0 Å². The maximum absolute atomic E-state index is 3.23. The summed E-state index contributed by atoms with van der Waals surface area (Å²) in [7, 11) is 0. The highest BCUT2D eigenvalue weighted by Crippen LogP contribution is 2.17. The highest BCUT2D eigenvalue weighted by molar-refractivity contribution is 5.79. The Morgan fingerprint density at radius 1 is 1.25 bits per heavy atom. The third kappa shape index (κ3) is 1.98. The Morgan fingerprint density at radius 3 is 3.12 bits per heavy atom. The summed E-state index contributed by atoms with van der Waals surface area (Å²) in [6.07, 6.45) is 6.99. The SMILES string of the molecule is [CH]1CCCN(Cc2ccc3[nH]ccc3c2)C1. The molecule has 0 amide bonds. The van der Waals surface area contributed by atoms with Crippen LogP contribution in [-0.4, -0.2) is 23.0 Å². The Bertz CT molecular complexity index is 466. The van der Waals surface area contributed by atoms with Gasteiger partial charge in [-0.2, -0.15) is 0 Å². The lowest BCUT2D eigenvalue weighted by molar-refractivity contribution is 0.255. The molecule has 1 aromatic heterocycles. The van der Waals surface area contributed by atoms with E-state index in [1.165, 1.54) is 35.9 Å². The van der Waals surface area contributed by atoms with Crippen LogP contribution in [0.1, 0.15) is 18.4 Å². The second-order valence-corrected chi connectivity index (χ2v) is 4.57. The fraction of sp³-hybridized carbons (Fsp3) is 0.357. The lowest BCUT2D eigenvalue weighted by Gasteiger charge is -2.26. The summed E-state index contributed by atoms with van der Waals surface area (Å²) in [5.41, 5.74) is 2.65. The first kappa shape index (κ1) is 9.91. The largest absolute Gasteiger partial charge is 0.361 e. The quantitative estimate of drug-likeness (QED) is 0.812. The summed E-state index contributed by atoms with van der Waals surface area (Å²) in [4.78, 5) is 5.74. The molecule has 16 heavy (non-hydrogen) atoms. The van der Waals surface area contributed by atoms with E-state index in [0.717, 1.165) is 13.1 Å². The van der Waals surface area contributed by atoms with Crippen molar-refractivity contribution in [1.82, 2.24) is 9.88 Å². The molecule has 2 aromatic rings. The minimum atomic E-state index is 1.08. The average molecular weight is 213 g/mol. The van der Waals surface area contributed by atoms with Crippen molar-refractivity contribution in [3.05, 3.63) is 42.4 Å². The van der Waals surface area contributed by atoms with E-state index in [1.807, 2.05) is 6.20 Å². The lowest BCUT2D eigenvalue weighted by Crippen LogP contribution is -2.29. The molecule has 0 aliphatic carbocycles. The molecule has 1 saturated heterocycles. The van der Waals surface area contributed by atoms with E-state index >= 15 is 0 Å². The summed E-state index contributed by atoms with van der Waals surface area (Å²) in [6, 6.07) is 8.84. The zero-order valence-corrected chi connectivity index (χ0v) is 9.45. The van der Waals surface area contributed by atoms with Gasteiger partial charge in [0.25, 0.3) is 0 Å². The number of hydrogen-bond donors (Lipinski definition) is 1. The van der Waals surface area contributed by atoms with Gasteiger partial charge in [0.15, 0.2) is 0 Å². The first-order valence-electron chi connectivity index (χ1n) is 6.02. The number of rotatable bonds is 2. The van der Waals surface area contributed by atoms with Crippen molar-refractivity contribution in [3.63, 3.8) is 0 Å². The highest BCUT2D eigenvalue weighted by Gasteiger charge is 2.10. The van der Waals surface area contributed by atoms with E-state index in [4.69, 9.17) is 0 Å². The van der Waals surface area contributed by atoms with Crippen molar-refractivity contribution in [2.75, 3.05) is 13.1 Å². The van der Waals surface area contributed by atoms with Gasteiger partial charge < -0.3 is 4.98 Å². The Morgan fingerprint density at radius 2 is 2.25 bits per heavy atom. The van der Waals surface area contributed by atoms with Crippen molar-refractivity contribution in [2.45, 2.75) is 19.4 Å². The number of nitrogens with one attached hydrogen (secondary N) is 1. The summed E-state index contributed by atoms with van der Waals surface area (Å²) in [5, 5.41) is 1.32. The molecule has 1 fully saturated rings. The third-order valence-corrected chi connectivity index (χ3v) is 3.29. The molecular weight excluding hydrogens is 196 g/mol. The summed E-state index contributed by atoms with van der Waals surface area (Å²) in [5.74, 6) is 0. The van der Waals surface area contributed by atoms with E-state index in [1.54, 1.807) is 0 Å². The summed E-state index contributed by atoms with van der Waals surface area (Å²) >= 11 is 0. The van der Waals surface area contributed by atoms with Gasteiger partial charge in [-0.1, -0.05) is 6.07 Å². The van der Waals surface area contributed by atoms with Crippen LogP contribution in [0.3, 0.4) is 0 Å². The Hall–Kier alpha value is -1.28. The van der Waals surface area contributed by atoms with Crippen LogP contribution in [0.5, 0.6) is 0 Å². The van der Waals surface area contributed by atoms with E-state index in [-0.39, 0.29) is 0 Å². The minimum Gasteiger partial charge on any atom is -0.361 e. The van der Waals surface area contributed by atoms with Gasteiger partial charge in [0.1, 0.15) is 0 Å².